The average Bonchev–Trinajstić information content (AvgIpc) is 2.65. The highest BCUT2D eigenvalue weighted by Gasteiger charge is 2.10. The molecule has 0 atom stereocenters. The minimum Gasteiger partial charge on any atom is -0.496 e. The lowest BCUT2D eigenvalue weighted by Crippen LogP contribution is -2.49. The zero-order valence-corrected chi connectivity index (χ0v) is 18.0. The third kappa shape index (κ3) is 6.81. The van der Waals surface area contributed by atoms with Crippen molar-refractivity contribution in [2.75, 3.05) is 13.7 Å². The number of nitrogens with one attached hydrogen (secondary N) is 3. The fourth-order valence-corrected chi connectivity index (χ4v) is 2.84. The van der Waals surface area contributed by atoms with Crippen LogP contribution >= 0.6 is 44.1 Å². The highest BCUT2D eigenvalue weighted by Crippen LogP contribution is 2.25. The zero-order valence-electron chi connectivity index (χ0n) is 14.0. The van der Waals surface area contributed by atoms with Gasteiger partial charge >= 0.3 is 0 Å². The van der Waals surface area contributed by atoms with Crippen molar-refractivity contribution in [2.45, 2.75) is 0 Å². The molecule has 0 radical (unpaired) electrons. The molecular formula is C17H15Br2N3O4S. The van der Waals surface area contributed by atoms with Gasteiger partial charge in [-0.2, -0.15) is 0 Å². The Labute approximate surface area is 178 Å². The summed E-state index contributed by atoms with van der Waals surface area (Å²) in [7, 11) is 1.53. The van der Waals surface area contributed by atoms with Crippen LogP contribution in [-0.2, 0) is 4.79 Å². The van der Waals surface area contributed by atoms with Gasteiger partial charge in [0, 0.05) is 10.0 Å². The fourth-order valence-electron chi connectivity index (χ4n) is 1.87. The van der Waals surface area contributed by atoms with Gasteiger partial charge in [-0.3, -0.25) is 25.8 Å². The normalized spacial score (nSPS) is 9.89. The first kappa shape index (κ1) is 21.1. The molecule has 0 bridgehead atoms. The number of methoxy groups -OCH3 is 1. The smallest absolute Gasteiger partial charge is 0.269 e. The Morgan fingerprint density at radius 1 is 1.07 bits per heavy atom. The average molecular weight is 517 g/mol. The standard InChI is InChI=1S/C17H15Br2N3O4S/c1-25-14-7-2-10(8-13(14)19)16(24)21-22-17(27)20-15(23)9-26-12-5-3-11(18)4-6-12/h2-8H,9H2,1H3,(H,21,24)(H2,20,22,23,27). The van der Waals surface area contributed by atoms with Gasteiger partial charge in [-0.15, -0.1) is 0 Å². The van der Waals surface area contributed by atoms with E-state index in [0.717, 1.165) is 4.47 Å². The maximum absolute atomic E-state index is 12.1. The van der Waals surface area contributed by atoms with Gasteiger partial charge in [0.15, 0.2) is 11.7 Å². The van der Waals surface area contributed by atoms with E-state index in [2.05, 4.69) is 48.0 Å². The molecule has 0 fully saturated rings. The number of hydrogen-bond donors (Lipinski definition) is 3. The summed E-state index contributed by atoms with van der Waals surface area (Å²) in [4.78, 5) is 23.9. The number of carbonyl (C=O) groups is 2. The van der Waals surface area contributed by atoms with Gasteiger partial charge in [0.2, 0.25) is 0 Å². The highest BCUT2D eigenvalue weighted by molar-refractivity contribution is 9.10. The van der Waals surface area contributed by atoms with Crippen LogP contribution in [0.15, 0.2) is 51.4 Å². The Morgan fingerprint density at radius 2 is 1.78 bits per heavy atom. The summed E-state index contributed by atoms with van der Waals surface area (Å²) < 4.78 is 12.0. The van der Waals surface area contributed by atoms with Gasteiger partial charge in [0.1, 0.15) is 11.5 Å². The van der Waals surface area contributed by atoms with Crippen molar-refractivity contribution in [1.82, 2.24) is 16.2 Å². The van der Waals surface area contributed by atoms with Crippen molar-refractivity contribution < 1.29 is 19.1 Å². The van der Waals surface area contributed by atoms with Gasteiger partial charge in [-0.1, -0.05) is 15.9 Å². The number of benzene rings is 2. The molecule has 0 aliphatic carbocycles. The van der Waals surface area contributed by atoms with Crippen molar-refractivity contribution in [1.29, 1.82) is 0 Å². The van der Waals surface area contributed by atoms with E-state index in [1.807, 2.05) is 0 Å². The van der Waals surface area contributed by atoms with Gasteiger partial charge in [-0.25, -0.2) is 0 Å². The monoisotopic (exact) mass is 515 g/mol. The molecule has 0 aliphatic heterocycles. The van der Waals surface area contributed by atoms with Crippen molar-refractivity contribution in [3.05, 3.63) is 57.0 Å². The number of ether oxygens (including phenoxy) is 2. The molecule has 0 aliphatic rings. The molecule has 2 rings (SSSR count). The molecule has 0 aromatic heterocycles. The first-order chi connectivity index (χ1) is 12.9. The maximum atomic E-state index is 12.1. The minimum absolute atomic E-state index is 0.0552. The zero-order chi connectivity index (χ0) is 19.8. The van der Waals surface area contributed by atoms with E-state index in [1.54, 1.807) is 42.5 Å². The van der Waals surface area contributed by atoms with E-state index in [0.29, 0.717) is 21.5 Å². The van der Waals surface area contributed by atoms with Crippen LogP contribution < -0.4 is 25.6 Å². The number of halogens is 2. The third-order valence-electron chi connectivity index (χ3n) is 3.14. The van der Waals surface area contributed by atoms with E-state index < -0.39 is 11.8 Å². The van der Waals surface area contributed by atoms with Crippen LogP contribution in [-0.4, -0.2) is 30.6 Å². The van der Waals surface area contributed by atoms with Gasteiger partial charge < -0.3 is 9.47 Å². The second-order valence-electron chi connectivity index (χ2n) is 5.05. The number of amides is 2. The molecule has 0 spiro atoms. The van der Waals surface area contributed by atoms with Crippen molar-refractivity contribution in [3.8, 4) is 11.5 Å². The topological polar surface area (TPSA) is 88.7 Å². The highest BCUT2D eigenvalue weighted by atomic mass is 79.9. The molecule has 27 heavy (non-hydrogen) atoms. The predicted molar refractivity (Wildman–Crippen MR) is 112 cm³/mol. The lowest BCUT2D eigenvalue weighted by molar-refractivity contribution is -0.121. The summed E-state index contributed by atoms with van der Waals surface area (Å²) in [5, 5.41) is 2.35. The molecule has 2 aromatic carbocycles. The van der Waals surface area contributed by atoms with Crippen molar-refractivity contribution >= 4 is 61.0 Å². The molecule has 0 unspecified atom stereocenters. The molecule has 7 nitrogen and oxygen atoms in total. The van der Waals surface area contributed by atoms with E-state index in [9.17, 15) is 9.59 Å². The van der Waals surface area contributed by atoms with E-state index >= 15 is 0 Å². The maximum Gasteiger partial charge on any atom is 0.269 e. The lowest BCUT2D eigenvalue weighted by Gasteiger charge is -2.12. The first-order valence-electron chi connectivity index (χ1n) is 7.51. The second-order valence-corrected chi connectivity index (χ2v) is 7.23. The Morgan fingerprint density at radius 3 is 2.41 bits per heavy atom. The van der Waals surface area contributed by atoms with Crippen LogP contribution in [0.5, 0.6) is 11.5 Å². The molecule has 142 valence electrons. The molecule has 0 saturated carbocycles. The van der Waals surface area contributed by atoms with E-state index in [-0.39, 0.29) is 11.7 Å². The first-order valence-corrected chi connectivity index (χ1v) is 9.50. The molecule has 10 heteroatoms. The Bertz CT molecular complexity index is 847. The van der Waals surface area contributed by atoms with Gasteiger partial charge in [-0.05, 0) is 70.6 Å². The fraction of sp³-hybridized carbons (Fsp3) is 0.118. The number of thiocarbonyl (C=S) groups is 1. The SMILES string of the molecule is COc1ccc(C(=O)NNC(=S)NC(=O)COc2ccc(Br)cc2)cc1Br. The number of rotatable bonds is 5. The largest absolute Gasteiger partial charge is 0.496 e. The Balaban J connectivity index is 1.76. The van der Waals surface area contributed by atoms with E-state index in [4.69, 9.17) is 21.7 Å². The predicted octanol–water partition coefficient (Wildman–Crippen LogP) is 2.93. The summed E-state index contributed by atoms with van der Waals surface area (Å²) >= 11 is 11.6. The minimum atomic E-state index is -0.461. The van der Waals surface area contributed by atoms with Crippen LogP contribution in [0.1, 0.15) is 10.4 Å². The summed E-state index contributed by atoms with van der Waals surface area (Å²) in [6.45, 7) is -0.219. The molecule has 3 N–H and O–H groups in total. The second kappa shape index (κ2) is 10.2. The lowest BCUT2D eigenvalue weighted by atomic mass is 10.2. The van der Waals surface area contributed by atoms with Crippen molar-refractivity contribution in [3.63, 3.8) is 0 Å². The molecule has 0 heterocycles. The Kier molecular flexibility index (Phi) is 8.01. The number of hydrogen-bond acceptors (Lipinski definition) is 5. The summed E-state index contributed by atoms with van der Waals surface area (Å²) in [6.07, 6.45) is 0. The third-order valence-corrected chi connectivity index (χ3v) is 4.49. The van der Waals surface area contributed by atoms with Crippen LogP contribution in [0.2, 0.25) is 0 Å². The van der Waals surface area contributed by atoms with Gasteiger partial charge in [0.05, 0.1) is 11.6 Å². The van der Waals surface area contributed by atoms with Crippen LogP contribution in [0.3, 0.4) is 0 Å². The van der Waals surface area contributed by atoms with Gasteiger partial charge in [0.25, 0.3) is 11.8 Å². The number of carbonyl (C=O) groups excluding carboxylic acids is 2. The van der Waals surface area contributed by atoms with Crippen LogP contribution in [0.25, 0.3) is 0 Å². The Hall–Kier alpha value is -2.17. The summed E-state index contributed by atoms with van der Waals surface area (Å²) in [6, 6.07) is 11.9. The molecular weight excluding hydrogens is 502 g/mol. The van der Waals surface area contributed by atoms with Crippen LogP contribution in [0.4, 0.5) is 0 Å². The molecule has 0 saturated heterocycles. The van der Waals surface area contributed by atoms with E-state index in [1.165, 1.54) is 7.11 Å². The van der Waals surface area contributed by atoms with Crippen molar-refractivity contribution in [2.24, 2.45) is 0 Å². The summed E-state index contributed by atoms with van der Waals surface area (Å²) in [5.74, 6) is 0.261. The summed E-state index contributed by atoms with van der Waals surface area (Å²) in [5.41, 5.74) is 5.23. The quantitative estimate of drug-likeness (QED) is 0.418. The van der Waals surface area contributed by atoms with Crippen LogP contribution in [0, 0.1) is 0 Å². The number of hydrazine groups is 1. The molecule has 2 aromatic rings. The molecule has 2 amide bonds.